The van der Waals surface area contributed by atoms with Crippen molar-refractivity contribution in [1.29, 1.82) is 0 Å². The van der Waals surface area contributed by atoms with E-state index in [1.54, 1.807) is 5.01 Å². The SMILES string of the molecule is CCCCc1nc(Cl)c(C)n1Cc1ccc(-c2ccccc2/C(=N/N)N(N)[CH2][Pb][c]2ccccc2)cc1. The normalized spacial score (nSPS) is 11.6. The number of hydrazine groups is 1. The number of rotatable bonds is 10. The second kappa shape index (κ2) is 13.2. The maximum absolute atomic E-state index is 6.48. The standard InChI is InChI=1S/C23H28ClN6.C6H5.Pb/c1-4-5-10-21-27-22(24)16(2)30(21)15-17-11-13-18(14-12-17)19-8-6-7-9-20(19)23(28-25)29(3)26;1-2-4-6-5-3-1;/h6-9,11-14H,3-5,10,15,25-26H2,1-2H3;1-5H;/b28-23-;;. The summed E-state index contributed by atoms with van der Waals surface area (Å²) < 4.78 is 4.43. The van der Waals surface area contributed by atoms with Crippen LogP contribution >= 0.6 is 11.6 Å². The molecule has 4 rings (SSSR count). The average molecular weight is 708 g/mol. The number of nitrogens with zero attached hydrogens (tertiary/aromatic N) is 4. The Morgan fingerprint density at radius 3 is 2.43 bits per heavy atom. The molecule has 3 aromatic carbocycles. The van der Waals surface area contributed by atoms with E-state index < -0.39 is 24.2 Å². The fourth-order valence-corrected chi connectivity index (χ4v) is 8.12. The van der Waals surface area contributed by atoms with Gasteiger partial charge in [0.15, 0.2) is 0 Å². The summed E-state index contributed by atoms with van der Waals surface area (Å²) in [6.07, 6.45) is 3.16. The zero-order valence-corrected chi connectivity index (χ0v) is 26.0. The van der Waals surface area contributed by atoms with Crippen LogP contribution in [0.5, 0.6) is 0 Å². The molecule has 0 saturated carbocycles. The van der Waals surface area contributed by atoms with Crippen LogP contribution in [-0.2, 0) is 13.0 Å². The fourth-order valence-electron chi connectivity index (χ4n) is 4.30. The number of hydrazone groups is 1. The van der Waals surface area contributed by atoms with Crippen molar-refractivity contribution in [3.8, 4) is 11.1 Å². The van der Waals surface area contributed by atoms with Crippen LogP contribution in [0.15, 0.2) is 84.0 Å². The summed E-state index contributed by atoms with van der Waals surface area (Å²) in [6, 6.07) is 27.3. The zero-order chi connectivity index (χ0) is 26.2. The molecule has 0 fully saturated rings. The summed E-state index contributed by atoms with van der Waals surface area (Å²) in [5.74, 6) is 14.0. The third-order valence-electron chi connectivity index (χ3n) is 6.39. The molecule has 6 nitrogen and oxygen atoms in total. The summed E-state index contributed by atoms with van der Waals surface area (Å²) in [5.41, 5.74) is 5.27. The van der Waals surface area contributed by atoms with Crippen LogP contribution in [0.2, 0.25) is 5.15 Å². The number of hydrogen-bond donors (Lipinski definition) is 2. The van der Waals surface area contributed by atoms with Crippen molar-refractivity contribution >= 4 is 44.8 Å². The van der Waals surface area contributed by atoms with Gasteiger partial charge < -0.3 is 0 Å². The monoisotopic (exact) mass is 708 g/mol. The second-order valence-corrected chi connectivity index (χ2v) is 14.2. The van der Waals surface area contributed by atoms with Crippen LogP contribution in [0, 0.1) is 6.92 Å². The molecule has 0 unspecified atom stereocenters. The molecule has 0 aliphatic carbocycles. The molecule has 8 heteroatoms. The minimum atomic E-state index is -1.14. The molecule has 37 heavy (non-hydrogen) atoms. The molecule has 0 spiro atoms. The van der Waals surface area contributed by atoms with E-state index in [4.69, 9.17) is 23.3 Å². The fraction of sp³-hybridized carbons (Fsp3) is 0.241. The number of benzene rings is 3. The zero-order valence-electron chi connectivity index (χ0n) is 21.4. The molecule has 0 amide bonds. The van der Waals surface area contributed by atoms with E-state index in [0.717, 1.165) is 58.1 Å². The van der Waals surface area contributed by atoms with Crippen molar-refractivity contribution in [2.75, 3.05) is 4.10 Å². The Morgan fingerprint density at radius 2 is 1.73 bits per heavy atom. The van der Waals surface area contributed by atoms with E-state index >= 15 is 0 Å². The summed E-state index contributed by atoms with van der Waals surface area (Å²) in [7, 11) is 0. The Morgan fingerprint density at radius 1 is 1.03 bits per heavy atom. The summed E-state index contributed by atoms with van der Waals surface area (Å²) >= 11 is 5.22. The van der Waals surface area contributed by atoms with Gasteiger partial charge >= 0.3 is 183 Å². The van der Waals surface area contributed by atoms with Gasteiger partial charge in [-0.3, -0.25) is 0 Å². The Kier molecular flexibility index (Phi) is 9.76. The van der Waals surface area contributed by atoms with Crippen molar-refractivity contribution in [2.45, 2.75) is 39.7 Å². The number of amidine groups is 1. The van der Waals surface area contributed by atoms with E-state index in [9.17, 15) is 0 Å². The molecule has 1 aromatic heterocycles. The topological polar surface area (TPSA) is 85.5 Å². The van der Waals surface area contributed by atoms with E-state index in [2.05, 4.69) is 76.2 Å². The number of imidazole rings is 1. The van der Waals surface area contributed by atoms with Gasteiger partial charge in [-0.25, -0.2) is 4.98 Å². The number of unbranched alkanes of at least 4 members (excludes halogenated alkanes) is 1. The molecule has 0 saturated heterocycles. The molecular formula is C29H33ClN6Pb. The number of nitrogens with two attached hydrogens (primary N) is 2. The van der Waals surface area contributed by atoms with Gasteiger partial charge in [0.1, 0.15) is 5.15 Å². The molecule has 0 aliphatic heterocycles. The maximum atomic E-state index is 6.48. The Balaban J connectivity index is 1.54. The van der Waals surface area contributed by atoms with Crippen molar-refractivity contribution in [3.05, 3.63) is 107 Å². The Hall–Kier alpha value is -2.69. The van der Waals surface area contributed by atoms with Gasteiger partial charge in [-0.05, 0) is 13.3 Å². The van der Waals surface area contributed by atoms with Crippen molar-refractivity contribution < 1.29 is 0 Å². The molecule has 4 N–H and O–H groups in total. The van der Waals surface area contributed by atoms with Crippen molar-refractivity contribution in [3.63, 3.8) is 0 Å². The van der Waals surface area contributed by atoms with Crippen LogP contribution in [-0.4, -0.2) is 48.7 Å². The van der Waals surface area contributed by atoms with E-state index in [1.165, 1.54) is 8.69 Å². The van der Waals surface area contributed by atoms with Crippen LogP contribution in [0.25, 0.3) is 11.1 Å². The summed E-state index contributed by atoms with van der Waals surface area (Å²) in [5, 5.41) is 6.41. The van der Waals surface area contributed by atoms with Crippen molar-refractivity contribution in [1.82, 2.24) is 14.6 Å². The first-order valence-electron chi connectivity index (χ1n) is 12.5. The number of hydrogen-bond acceptors (Lipinski definition) is 4. The predicted molar refractivity (Wildman–Crippen MR) is 155 cm³/mol. The van der Waals surface area contributed by atoms with Gasteiger partial charge in [0.2, 0.25) is 0 Å². The van der Waals surface area contributed by atoms with Crippen LogP contribution in [0.4, 0.5) is 0 Å². The molecule has 0 aliphatic rings. The minimum absolute atomic E-state index is 0.591. The number of aryl methyl sites for hydroxylation is 1. The van der Waals surface area contributed by atoms with Gasteiger partial charge in [0.05, 0.1) is 0 Å². The predicted octanol–water partition coefficient (Wildman–Crippen LogP) is 4.69. The second-order valence-electron chi connectivity index (χ2n) is 8.96. The third kappa shape index (κ3) is 6.80. The van der Waals surface area contributed by atoms with Crippen molar-refractivity contribution in [2.24, 2.45) is 16.8 Å². The van der Waals surface area contributed by atoms with Gasteiger partial charge in [-0.2, -0.15) is 0 Å². The first kappa shape index (κ1) is 27.3. The van der Waals surface area contributed by atoms with Gasteiger partial charge in [-0.15, -0.1) is 0 Å². The molecule has 190 valence electrons. The summed E-state index contributed by atoms with van der Waals surface area (Å²) in [4.78, 5) is 4.59. The van der Waals surface area contributed by atoms with E-state index in [-0.39, 0.29) is 0 Å². The van der Waals surface area contributed by atoms with Gasteiger partial charge in [-0.1, -0.05) is 24.9 Å². The van der Waals surface area contributed by atoms with E-state index in [1.807, 2.05) is 31.2 Å². The molecule has 0 atom stereocenters. The summed E-state index contributed by atoms with van der Waals surface area (Å²) in [6.45, 7) is 4.96. The van der Waals surface area contributed by atoms with Crippen LogP contribution < -0.4 is 14.8 Å². The molecule has 2 radical (unpaired) electrons. The first-order valence-corrected chi connectivity index (χ1v) is 17.6. The van der Waals surface area contributed by atoms with Gasteiger partial charge in [0.25, 0.3) is 0 Å². The number of aromatic nitrogens is 2. The quantitative estimate of drug-likeness (QED) is 0.0825. The molecule has 1 heterocycles. The van der Waals surface area contributed by atoms with E-state index in [0.29, 0.717) is 11.0 Å². The third-order valence-corrected chi connectivity index (χ3v) is 11.6. The number of halogens is 1. The molecule has 0 bridgehead atoms. The Bertz CT molecular complexity index is 1330. The first-order chi connectivity index (χ1) is 18.0. The molecule has 4 aromatic rings. The Labute approximate surface area is 236 Å². The van der Waals surface area contributed by atoms with Gasteiger partial charge in [0, 0.05) is 6.42 Å². The van der Waals surface area contributed by atoms with Crippen LogP contribution in [0.1, 0.15) is 42.4 Å². The molecular weight excluding hydrogens is 675 g/mol. The average Bonchev–Trinajstić information content (AvgIpc) is 3.20. The van der Waals surface area contributed by atoms with Crippen LogP contribution in [0.3, 0.4) is 0 Å².